The van der Waals surface area contributed by atoms with Crippen LogP contribution in [0.1, 0.15) is 58.0 Å². The number of rotatable bonds is 8. The van der Waals surface area contributed by atoms with E-state index in [1.807, 2.05) is 0 Å². The summed E-state index contributed by atoms with van der Waals surface area (Å²) in [6.45, 7) is 3.44. The molecule has 0 aliphatic carbocycles. The van der Waals surface area contributed by atoms with Crippen LogP contribution in [0, 0.1) is 0 Å². The first-order valence-corrected chi connectivity index (χ1v) is 10.7. The van der Waals surface area contributed by atoms with E-state index in [2.05, 4.69) is 15.5 Å². The summed E-state index contributed by atoms with van der Waals surface area (Å²) >= 11 is 0. The van der Waals surface area contributed by atoms with Crippen LogP contribution < -0.4 is 5.32 Å². The van der Waals surface area contributed by atoms with E-state index >= 15 is 0 Å². The number of hydrogen-bond donors (Lipinski definition) is 1. The molecule has 1 saturated heterocycles. The van der Waals surface area contributed by atoms with E-state index in [1.165, 1.54) is 23.0 Å². The number of amides is 2. The van der Waals surface area contributed by atoms with Gasteiger partial charge >= 0.3 is 0 Å². The molecule has 14 heteroatoms. The summed E-state index contributed by atoms with van der Waals surface area (Å²) in [7, 11) is 0. The Morgan fingerprint density at radius 2 is 1.86 bits per heavy atom. The van der Waals surface area contributed by atoms with E-state index in [1.54, 1.807) is 11.8 Å². The van der Waals surface area contributed by atoms with Crippen LogP contribution in [0.3, 0.4) is 0 Å². The van der Waals surface area contributed by atoms with E-state index in [9.17, 15) is 27.2 Å². The molecule has 0 saturated carbocycles. The molecule has 0 atom stereocenters. The molecule has 1 N–H and O–H groups in total. The summed E-state index contributed by atoms with van der Waals surface area (Å²) in [5.41, 5.74) is -1.09. The monoisotopic (exact) mass is 498 g/mol. The summed E-state index contributed by atoms with van der Waals surface area (Å²) < 4.78 is 65.0. The van der Waals surface area contributed by atoms with Gasteiger partial charge in [-0.1, -0.05) is 0 Å². The van der Waals surface area contributed by atoms with Gasteiger partial charge in [-0.05, 0) is 25.1 Å². The number of aryl methyl sites for hydroxylation is 1. The Hall–Kier alpha value is -3.68. The number of carbonyl (C=O) groups is 2. The second kappa shape index (κ2) is 10.3. The lowest BCUT2D eigenvalue weighted by Gasteiger charge is -2.27. The smallest absolute Gasteiger partial charge is 0.291 e. The maximum atomic E-state index is 13.2. The number of alkyl halides is 4. The SMILES string of the molecule is CCn1ncc(NC(=O)c2ccc(Cn3nc(C(F)F)cc3C(F)F)o2)c1C(=O)N1CCOCC1. The molecule has 0 radical (unpaired) electrons. The van der Waals surface area contributed by atoms with Crippen LogP contribution >= 0.6 is 0 Å². The highest BCUT2D eigenvalue weighted by Gasteiger charge is 2.27. The van der Waals surface area contributed by atoms with E-state index < -0.39 is 30.1 Å². The zero-order chi connectivity index (χ0) is 25.1. The topological polar surface area (TPSA) is 107 Å². The van der Waals surface area contributed by atoms with Gasteiger partial charge in [-0.2, -0.15) is 10.2 Å². The standard InChI is InChI=1S/C21H22F4N6O4/c1-2-30-17(21(33)29-5-7-34-8-6-29)14(10-26-30)27-20(32)16-4-3-12(35-16)11-31-15(19(24)25)9-13(28-31)18(22)23/h3-4,9-10,18-19H,2,5-8,11H2,1H3,(H,27,32). The minimum absolute atomic E-state index is 0.0508. The normalized spacial score (nSPS) is 14.2. The zero-order valence-electron chi connectivity index (χ0n) is 18.6. The van der Waals surface area contributed by atoms with Gasteiger partial charge in [0.15, 0.2) is 5.76 Å². The Labute approximate surface area is 196 Å². The number of anilines is 1. The molecular weight excluding hydrogens is 476 g/mol. The lowest BCUT2D eigenvalue weighted by molar-refractivity contribution is 0.0295. The van der Waals surface area contributed by atoms with Crippen LogP contribution in [-0.4, -0.2) is 62.6 Å². The Morgan fingerprint density at radius 1 is 1.11 bits per heavy atom. The molecule has 3 aromatic heterocycles. The molecule has 0 spiro atoms. The molecule has 10 nitrogen and oxygen atoms in total. The first-order chi connectivity index (χ1) is 16.8. The van der Waals surface area contributed by atoms with Crippen molar-refractivity contribution in [3.63, 3.8) is 0 Å². The van der Waals surface area contributed by atoms with E-state index in [-0.39, 0.29) is 35.4 Å². The molecule has 0 bridgehead atoms. The van der Waals surface area contributed by atoms with Crippen molar-refractivity contribution in [3.8, 4) is 0 Å². The van der Waals surface area contributed by atoms with Crippen molar-refractivity contribution >= 4 is 17.5 Å². The van der Waals surface area contributed by atoms with Crippen LogP contribution in [0.4, 0.5) is 23.2 Å². The summed E-state index contributed by atoms with van der Waals surface area (Å²) in [5, 5.41) is 10.2. The molecule has 1 fully saturated rings. The highest BCUT2D eigenvalue weighted by Crippen LogP contribution is 2.26. The van der Waals surface area contributed by atoms with Crippen LogP contribution in [0.25, 0.3) is 0 Å². The number of ether oxygens (including phenoxy) is 1. The third-order valence-corrected chi connectivity index (χ3v) is 5.36. The van der Waals surface area contributed by atoms with Gasteiger partial charge in [0.05, 0.1) is 31.6 Å². The minimum atomic E-state index is -3.02. The first-order valence-electron chi connectivity index (χ1n) is 10.7. The number of halogens is 4. The summed E-state index contributed by atoms with van der Waals surface area (Å²) in [6.07, 6.45) is -4.68. The number of carbonyl (C=O) groups excluding carboxylic acids is 2. The van der Waals surface area contributed by atoms with Gasteiger partial charge in [-0.3, -0.25) is 19.0 Å². The predicted molar refractivity (Wildman–Crippen MR) is 113 cm³/mol. The molecule has 0 unspecified atom stereocenters. The number of nitrogens with zero attached hydrogens (tertiary/aromatic N) is 5. The fourth-order valence-electron chi connectivity index (χ4n) is 3.64. The fourth-order valence-corrected chi connectivity index (χ4v) is 3.64. The maximum Gasteiger partial charge on any atom is 0.291 e. The summed E-state index contributed by atoms with van der Waals surface area (Å²) in [4.78, 5) is 27.4. The Bertz CT molecular complexity index is 1200. The molecule has 3 aromatic rings. The van der Waals surface area contributed by atoms with Crippen molar-refractivity contribution in [1.29, 1.82) is 0 Å². The Kier molecular flexibility index (Phi) is 7.19. The lowest BCUT2D eigenvalue weighted by Crippen LogP contribution is -2.41. The molecule has 4 heterocycles. The lowest BCUT2D eigenvalue weighted by atomic mass is 10.2. The van der Waals surface area contributed by atoms with E-state index in [0.29, 0.717) is 43.6 Å². The van der Waals surface area contributed by atoms with Gasteiger partial charge in [-0.15, -0.1) is 0 Å². The summed E-state index contributed by atoms with van der Waals surface area (Å²) in [6, 6.07) is 3.28. The summed E-state index contributed by atoms with van der Waals surface area (Å²) in [5.74, 6) is -1.13. The van der Waals surface area contributed by atoms with Gasteiger partial charge in [0.1, 0.15) is 22.8 Å². The quantitative estimate of drug-likeness (QED) is 0.478. The molecule has 1 aliphatic heterocycles. The third-order valence-electron chi connectivity index (χ3n) is 5.36. The van der Waals surface area contributed by atoms with E-state index in [0.717, 1.165) is 0 Å². The number of morpholine rings is 1. The van der Waals surface area contributed by atoms with Gasteiger partial charge in [-0.25, -0.2) is 17.6 Å². The van der Waals surface area contributed by atoms with Gasteiger partial charge in [0.25, 0.3) is 24.7 Å². The molecule has 188 valence electrons. The van der Waals surface area contributed by atoms with Crippen molar-refractivity contribution in [1.82, 2.24) is 24.5 Å². The van der Waals surface area contributed by atoms with Gasteiger partial charge in [0.2, 0.25) is 0 Å². The molecule has 35 heavy (non-hydrogen) atoms. The van der Waals surface area contributed by atoms with E-state index in [4.69, 9.17) is 9.15 Å². The average Bonchev–Trinajstić information content (AvgIpc) is 3.58. The van der Waals surface area contributed by atoms with Crippen LogP contribution in [0.5, 0.6) is 0 Å². The molecule has 0 aromatic carbocycles. The second-order valence-electron chi connectivity index (χ2n) is 7.60. The Balaban J connectivity index is 1.50. The molecular formula is C21H22F4N6O4. The van der Waals surface area contributed by atoms with Crippen molar-refractivity contribution in [3.05, 3.63) is 53.0 Å². The Morgan fingerprint density at radius 3 is 2.51 bits per heavy atom. The largest absolute Gasteiger partial charge is 0.454 e. The highest BCUT2D eigenvalue weighted by molar-refractivity contribution is 6.07. The number of furan rings is 1. The predicted octanol–water partition coefficient (Wildman–Crippen LogP) is 3.34. The van der Waals surface area contributed by atoms with Crippen LogP contribution in [0.15, 0.2) is 28.8 Å². The number of hydrogen-bond acceptors (Lipinski definition) is 6. The van der Waals surface area contributed by atoms with Crippen molar-refractivity contribution in [2.45, 2.75) is 32.9 Å². The van der Waals surface area contributed by atoms with Gasteiger partial charge in [0, 0.05) is 19.6 Å². The average molecular weight is 498 g/mol. The fraction of sp³-hybridized carbons (Fsp3) is 0.429. The van der Waals surface area contributed by atoms with Crippen molar-refractivity contribution in [2.75, 3.05) is 31.6 Å². The third kappa shape index (κ3) is 5.21. The van der Waals surface area contributed by atoms with Crippen LogP contribution in [0.2, 0.25) is 0 Å². The second-order valence-corrected chi connectivity index (χ2v) is 7.60. The van der Waals surface area contributed by atoms with Crippen molar-refractivity contribution in [2.24, 2.45) is 0 Å². The van der Waals surface area contributed by atoms with Crippen molar-refractivity contribution < 1.29 is 36.3 Å². The molecule has 2 amide bonds. The highest BCUT2D eigenvalue weighted by atomic mass is 19.3. The van der Waals surface area contributed by atoms with Crippen LogP contribution in [-0.2, 0) is 17.8 Å². The van der Waals surface area contributed by atoms with Gasteiger partial charge < -0.3 is 19.4 Å². The first kappa shape index (κ1) is 24.4. The number of nitrogens with one attached hydrogen (secondary N) is 1. The number of aromatic nitrogens is 4. The zero-order valence-corrected chi connectivity index (χ0v) is 18.6. The molecule has 1 aliphatic rings. The molecule has 4 rings (SSSR count). The minimum Gasteiger partial charge on any atom is -0.454 e. The maximum absolute atomic E-state index is 13.2.